The number of amides is 1. The number of halogens is 2. The fraction of sp³-hybridized carbons (Fsp3) is 0.300. The van der Waals surface area contributed by atoms with Crippen molar-refractivity contribution in [2.45, 2.75) is 19.4 Å². The number of para-hydroxylation sites is 1. The van der Waals surface area contributed by atoms with Crippen LogP contribution in [0.2, 0.25) is 5.02 Å². The van der Waals surface area contributed by atoms with Crippen LogP contribution in [0, 0.1) is 11.7 Å². The summed E-state index contributed by atoms with van der Waals surface area (Å²) in [5.41, 5.74) is 2.23. The average Bonchev–Trinajstić information content (AvgIpc) is 3.08. The van der Waals surface area contributed by atoms with Crippen LogP contribution in [0.1, 0.15) is 18.5 Å². The molecular weight excluding hydrogens is 369 g/mol. The second kappa shape index (κ2) is 7.66. The van der Waals surface area contributed by atoms with Crippen LogP contribution in [-0.4, -0.2) is 29.1 Å². The van der Waals surface area contributed by atoms with E-state index in [1.807, 2.05) is 24.3 Å². The molecular formula is C20H19ClFN3O2. The summed E-state index contributed by atoms with van der Waals surface area (Å²) in [6.07, 6.45) is 1.52. The van der Waals surface area contributed by atoms with E-state index in [1.54, 1.807) is 0 Å². The van der Waals surface area contributed by atoms with Gasteiger partial charge in [0.25, 0.3) is 0 Å². The lowest BCUT2D eigenvalue weighted by Crippen LogP contribution is -2.37. The second-order valence-corrected chi connectivity index (χ2v) is 7.20. The van der Waals surface area contributed by atoms with Crippen LogP contribution >= 0.6 is 11.6 Å². The second-order valence-electron chi connectivity index (χ2n) is 6.79. The van der Waals surface area contributed by atoms with E-state index in [0.717, 1.165) is 42.6 Å². The SMILES string of the molecule is O=C(Nc1ccc(F)c(Cl)c1)C1CCN(Cc2noc3ccccc23)CC1. The number of hydrogen-bond acceptors (Lipinski definition) is 4. The van der Waals surface area contributed by atoms with Gasteiger partial charge in [-0.1, -0.05) is 28.9 Å². The summed E-state index contributed by atoms with van der Waals surface area (Å²) in [5, 5.41) is 8.04. The third-order valence-electron chi connectivity index (χ3n) is 4.97. The van der Waals surface area contributed by atoms with Crippen LogP contribution < -0.4 is 5.32 Å². The van der Waals surface area contributed by atoms with Gasteiger partial charge < -0.3 is 9.84 Å². The first kappa shape index (κ1) is 17.9. The molecule has 0 atom stereocenters. The molecule has 4 rings (SSSR count). The number of piperidine rings is 1. The number of benzene rings is 2. The molecule has 1 fully saturated rings. The Morgan fingerprint density at radius 3 is 2.81 bits per heavy atom. The molecule has 140 valence electrons. The largest absolute Gasteiger partial charge is 0.356 e. The van der Waals surface area contributed by atoms with Crippen molar-refractivity contribution in [2.24, 2.45) is 5.92 Å². The van der Waals surface area contributed by atoms with E-state index in [4.69, 9.17) is 16.1 Å². The first-order valence-electron chi connectivity index (χ1n) is 8.92. The van der Waals surface area contributed by atoms with Crippen molar-refractivity contribution in [3.63, 3.8) is 0 Å². The number of likely N-dealkylation sites (tertiary alicyclic amines) is 1. The Hall–Kier alpha value is -2.44. The number of nitrogens with one attached hydrogen (secondary N) is 1. The lowest BCUT2D eigenvalue weighted by Gasteiger charge is -2.30. The van der Waals surface area contributed by atoms with Crippen LogP contribution in [0.25, 0.3) is 11.0 Å². The molecule has 0 saturated carbocycles. The maximum atomic E-state index is 13.2. The summed E-state index contributed by atoms with van der Waals surface area (Å²) >= 11 is 5.76. The molecule has 1 aromatic heterocycles. The molecule has 7 heteroatoms. The van der Waals surface area contributed by atoms with E-state index < -0.39 is 5.82 Å². The standard InChI is InChI=1S/C20H19ClFN3O2/c21-16-11-14(5-6-17(16)22)23-20(26)13-7-9-25(10-8-13)12-18-15-3-1-2-4-19(15)27-24-18/h1-6,11,13H,7-10,12H2,(H,23,26). The van der Waals surface area contributed by atoms with Gasteiger partial charge in [0.2, 0.25) is 5.91 Å². The van der Waals surface area contributed by atoms with Crippen LogP contribution in [-0.2, 0) is 11.3 Å². The van der Waals surface area contributed by atoms with E-state index in [1.165, 1.54) is 18.2 Å². The Bertz CT molecular complexity index is 967. The van der Waals surface area contributed by atoms with Crippen molar-refractivity contribution >= 4 is 34.2 Å². The van der Waals surface area contributed by atoms with Crippen molar-refractivity contribution in [3.05, 3.63) is 59.0 Å². The summed E-state index contributed by atoms with van der Waals surface area (Å²) in [5.74, 6) is -0.619. The molecule has 0 unspecified atom stereocenters. The Labute approximate surface area is 161 Å². The first-order chi connectivity index (χ1) is 13.1. The zero-order valence-corrected chi connectivity index (χ0v) is 15.4. The number of hydrogen-bond donors (Lipinski definition) is 1. The number of rotatable bonds is 4. The average molecular weight is 388 g/mol. The monoisotopic (exact) mass is 387 g/mol. The van der Waals surface area contributed by atoms with Crippen molar-refractivity contribution < 1.29 is 13.7 Å². The first-order valence-corrected chi connectivity index (χ1v) is 9.29. The highest BCUT2D eigenvalue weighted by Gasteiger charge is 2.26. The van der Waals surface area contributed by atoms with E-state index >= 15 is 0 Å². The van der Waals surface area contributed by atoms with Gasteiger partial charge in [0.1, 0.15) is 11.5 Å². The molecule has 3 aromatic rings. The van der Waals surface area contributed by atoms with E-state index in [0.29, 0.717) is 12.2 Å². The molecule has 1 aliphatic rings. The predicted molar refractivity (Wildman–Crippen MR) is 102 cm³/mol. The predicted octanol–water partition coefficient (Wildman–Crippen LogP) is 4.47. The van der Waals surface area contributed by atoms with Gasteiger partial charge in [-0.3, -0.25) is 9.69 Å². The molecule has 0 bridgehead atoms. The molecule has 5 nitrogen and oxygen atoms in total. The van der Waals surface area contributed by atoms with Gasteiger partial charge in [-0.05, 0) is 56.3 Å². The van der Waals surface area contributed by atoms with Gasteiger partial charge in [0, 0.05) is 23.5 Å². The van der Waals surface area contributed by atoms with E-state index in [2.05, 4.69) is 15.4 Å². The van der Waals surface area contributed by atoms with Gasteiger partial charge in [-0.2, -0.15) is 0 Å². The smallest absolute Gasteiger partial charge is 0.227 e. The van der Waals surface area contributed by atoms with Gasteiger partial charge >= 0.3 is 0 Å². The highest BCUT2D eigenvalue weighted by molar-refractivity contribution is 6.31. The van der Waals surface area contributed by atoms with Crippen LogP contribution in [0.4, 0.5) is 10.1 Å². The fourth-order valence-corrected chi connectivity index (χ4v) is 3.62. The minimum absolute atomic E-state index is 0.00228. The third-order valence-corrected chi connectivity index (χ3v) is 5.26. The van der Waals surface area contributed by atoms with Gasteiger partial charge in [0.15, 0.2) is 5.58 Å². The number of nitrogens with zero attached hydrogens (tertiary/aromatic N) is 2. The molecule has 0 aliphatic carbocycles. The van der Waals surface area contributed by atoms with Crippen LogP contribution in [0.3, 0.4) is 0 Å². The zero-order chi connectivity index (χ0) is 18.8. The van der Waals surface area contributed by atoms with Crippen LogP contribution in [0.15, 0.2) is 47.0 Å². The van der Waals surface area contributed by atoms with Crippen molar-refractivity contribution in [2.75, 3.05) is 18.4 Å². The molecule has 1 N–H and O–H groups in total. The Balaban J connectivity index is 1.33. The van der Waals surface area contributed by atoms with Crippen molar-refractivity contribution in [1.29, 1.82) is 0 Å². The molecule has 2 aromatic carbocycles. The Kier molecular flexibility index (Phi) is 5.09. The Morgan fingerprint density at radius 2 is 2.04 bits per heavy atom. The molecule has 0 radical (unpaired) electrons. The fourth-order valence-electron chi connectivity index (χ4n) is 3.44. The van der Waals surface area contributed by atoms with E-state index in [-0.39, 0.29) is 16.8 Å². The van der Waals surface area contributed by atoms with Gasteiger partial charge in [-0.25, -0.2) is 4.39 Å². The number of carbonyl (C=O) groups excluding carboxylic acids is 1. The molecule has 2 heterocycles. The quantitative estimate of drug-likeness (QED) is 0.717. The third kappa shape index (κ3) is 3.96. The lowest BCUT2D eigenvalue weighted by molar-refractivity contribution is -0.121. The molecule has 1 amide bonds. The lowest BCUT2D eigenvalue weighted by atomic mass is 9.95. The van der Waals surface area contributed by atoms with Crippen molar-refractivity contribution in [1.82, 2.24) is 10.1 Å². The van der Waals surface area contributed by atoms with Crippen LogP contribution in [0.5, 0.6) is 0 Å². The molecule has 1 aliphatic heterocycles. The maximum absolute atomic E-state index is 13.2. The summed E-state index contributed by atoms with van der Waals surface area (Å²) in [7, 11) is 0. The maximum Gasteiger partial charge on any atom is 0.227 e. The number of anilines is 1. The highest BCUT2D eigenvalue weighted by atomic mass is 35.5. The minimum atomic E-state index is -0.497. The van der Waals surface area contributed by atoms with Gasteiger partial charge in [-0.15, -0.1) is 0 Å². The summed E-state index contributed by atoms with van der Waals surface area (Å²) in [4.78, 5) is 14.7. The number of aromatic nitrogens is 1. The summed E-state index contributed by atoms with van der Waals surface area (Å²) < 4.78 is 18.6. The minimum Gasteiger partial charge on any atom is -0.356 e. The zero-order valence-electron chi connectivity index (χ0n) is 14.6. The topological polar surface area (TPSA) is 58.4 Å². The summed E-state index contributed by atoms with van der Waals surface area (Å²) in [6.45, 7) is 2.33. The van der Waals surface area contributed by atoms with Gasteiger partial charge in [0.05, 0.1) is 5.02 Å². The number of fused-ring (bicyclic) bond motifs is 1. The molecule has 27 heavy (non-hydrogen) atoms. The van der Waals surface area contributed by atoms with Crippen molar-refractivity contribution in [3.8, 4) is 0 Å². The van der Waals surface area contributed by atoms with E-state index in [9.17, 15) is 9.18 Å². The number of carbonyl (C=O) groups is 1. The molecule has 1 saturated heterocycles. The highest BCUT2D eigenvalue weighted by Crippen LogP contribution is 2.25. The summed E-state index contributed by atoms with van der Waals surface area (Å²) in [6, 6.07) is 12.0. The Morgan fingerprint density at radius 1 is 1.26 bits per heavy atom. The normalized spacial score (nSPS) is 15.9. The molecule has 0 spiro atoms.